The van der Waals surface area contributed by atoms with Gasteiger partial charge in [0.15, 0.2) is 35.6 Å². The number of phenols is 4. The Kier molecular flexibility index (Phi) is 12.1. The fourth-order valence-electron chi connectivity index (χ4n) is 5.40. The molecular formula is C38H40O11. The van der Waals surface area contributed by atoms with Crippen molar-refractivity contribution in [3.8, 4) is 34.5 Å². The topological polar surface area (TPSA) is 172 Å². The van der Waals surface area contributed by atoms with Crippen molar-refractivity contribution in [2.75, 3.05) is 13.2 Å². The molecule has 4 aromatic rings. The van der Waals surface area contributed by atoms with Crippen molar-refractivity contribution in [3.05, 3.63) is 107 Å². The second kappa shape index (κ2) is 16.8. The lowest BCUT2D eigenvalue weighted by Gasteiger charge is -2.23. The lowest BCUT2D eigenvalue weighted by molar-refractivity contribution is -0.106. The summed E-state index contributed by atoms with van der Waals surface area (Å²) in [4.78, 5) is 24.7. The Hall–Kier alpha value is -5.10. The SMILES string of the molecule is O=C(Cc1ccc(OC2CCCCO2)cc1)c1ccc(OC2CCCCO2)cc1O.O=C(c1ccc(O)c(O)c1O)C(O)c1ccccc1. The number of ketones is 2. The molecule has 0 radical (unpaired) electrons. The highest BCUT2D eigenvalue weighted by Gasteiger charge is 2.24. The molecule has 2 fully saturated rings. The van der Waals surface area contributed by atoms with Gasteiger partial charge in [0.05, 0.1) is 24.3 Å². The van der Waals surface area contributed by atoms with Crippen LogP contribution in [0.1, 0.15) is 76.5 Å². The van der Waals surface area contributed by atoms with Crippen LogP contribution < -0.4 is 9.47 Å². The normalized spacial score (nSPS) is 18.0. The Morgan fingerprint density at radius 3 is 1.86 bits per heavy atom. The molecule has 258 valence electrons. The summed E-state index contributed by atoms with van der Waals surface area (Å²) in [7, 11) is 0. The van der Waals surface area contributed by atoms with Gasteiger partial charge in [0.25, 0.3) is 0 Å². The van der Waals surface area contributed by atoms with Crippen molar-refractivity contribution in [1.29, 1.82) is 0 Å². The summed E-state index contributed by atoms with van der Waals surface area (Å²) in [6.07, 6.45) is 4.27. The highest BCUT2D eigenvalue weighted by atomic mass is 16.7. The zero-order valence-corrected chi connectivity index (χ0v) is 26.9. The number of hydrogen-bond acceptors (Lipinski definition) is 11. The molecule has 0 aliphatic carbocycles. The van der Waals surface area contributed by atoms with E-state index in [1.54, 1.807) is 42.5 Å². The summed E-state index contributed by atoms with van der Waals surface area (Å²) in [5, 5.41) is 48.4. The van der Waals surface area contributed by atoms with Gasteiger partial charge in [-0.25, -0.2) is 0 Å². The number of aromatic hydroxyl groups is 4. The van der Waals surface area contributed by atoms with E-state index in [1.807, 2.05) is 24.3 Å². The van der Waals surface area contributed by atoms with Crippen LogP contribution in [0.15, 0.2) is 84.9 Å². The minimum absolute atomic E-state index is 0.0808. The van der Waals surface area contributed by atoms with Gasteiger partial charge in [0.1, 0.15) is 23.4 Å². The highest BCUT2D eigenvalue weighted by Crippen LogP contribution is 2.38. The van der Waals surface area contributed by atoms with Crippen LogP contribution in [0.5, 0.6) is 34.5 Å². The first-order valence-corrected chi connectivity index (χ1v) is 16.2. The van der Waals surface area contributed by atoms with Crippen molar-refractivity contribution >= 4 is 11.6 Å². The van der Waals surface area contributed by atoms with E-state index < -0.39 is 29.1 Å². The Labute approximate surface area is 283 Å². The molecule has 0 saturated carbocycles. The summed E-state index contributed by atoms with van der Waals surface area (Å²) >= 11 is 0. The van der Waals surface area contributed by atoms with Crippen LogP contribution in [-0.2, 0) is 15.9 Å². The maximum atomic E-state index is 12.7. The Balaban J connectivity index is 0.000000212. The molecule has 0 amide bonds. The van der Waals surface area contributed by atoms with Crippen LogP contribution in [-0.4, -0.2) is 62.9 Å². The lowest BCUT2D eigenvalue weighted by Crippen LogP contribution is -2.25. The molecule has 11 nitrogen and oxygen atoms in total. The van der Waals surface area contributed by atoms with Crippen LogP contribution in [0.3, 0.4) is 0 Å². The number of hydrogen-bond donors (Lipinski definition) is 5. The van der Waals surface area contributed by atoms with Crippen LogP contribution in [0.25, 0.3) is 0 Å². The molecule has 2 saturated heterocycles. The number of aliphatic hydroxyl groups is 1. The highest BCUT2D eigenvalue weighted by molar-refractivity contribution is 6.03. The van der Waals surface area contributed by atoms with E-state index in [4.69, 9.17) is 18.9 Å². The summed E-state index contributed by atoms with van der Waals surface area (Å²) < 4.78 is 22.7. The second-order valence-corrected chi connectivity index (χ2v) is 11.8. The number of benzene rings is 4. The van der Waals surface area contributed by atoms with Crippen LogP contribution in [0, 0.1) is 0 Å². The number of phenolic OH excluding ortho intramolecular Hbond substituents is 4. The van der Waals surface area contributed by atoms with Gasteiger partial charge in [-0.3, -0.25) is 9.59 Å². The molecule has 3 unspecified atom stereocenters. The molecule has 6 rings (SSSR count). The number of rotatable bonds is 10. The minimum Gasteiger partial charge on any atom is -0.507 e. The zero-order chi connectivity index (χ0) is 34.8. The molecule has 2 heterocycles. The van der Waals surface area contributed by atoms with Gasteiger partial charge < -0.3 is 44.5 Å². The molecule has 2 aliphatic heterocycles. The molecular weight excluding hydrogens is 632 g/mol. The van der Waals surface area contributed by atoms with Crippen molar-refractivity contribution in [2.45, 2.75) is 63.6 Å². The Morgan fingerprint density at radius 2 is 1.27 bits per heavy atom. The van der Waals surface area contributed by atoms with Gasteiger partial charge in [-0.1, -0.05) is 42.5 Å². The van der Waals surface area contributed by atoms with Crippen molar-refractivity contribution in [2.24, 2.45) is 0 Å². The van der Waals surface area contributed by atoms with Gasteiger partial charge in [0.2, 0.25) is 5.75 Å². The van der Waals surface area contributed by atoms with Crippen molar-refractivity contribution in [1.82, 2.24) is 0 Å². The largest absolute Gasteiger partial charge is 0.507 e. The molecule has 5 N–H and O–H groups in total. The molecule has 49 heavy (non-hydrogen) atoms. The van der Waals surface area contributed by atoms with Crippen molar-refractivity contribution in [3.63, 3.8) is 0 Å². The molecule has 0 spiro atoms. The predicted octanol–water partition coefficient (Wildman–Crippen LogP) is 6.35. The average molecular weight is 673 g/mol. The van der Waals surface area contributed by atoms with E-state index in [2.05, 4.69) is 0 Å². The average Bonchev–Trinajstić information content (AvgIpc) is 3.12. The quantitative estimate of drug-likeness (QED) is 0.0939. The third kappa shape index (κ3) is 9.50. The Bertz CT molecular complexity index is 1690. The zero-order valence-electron chi connectivity index (χ0n) is 26.9. The first-order chi connectivity index (χ1) is 23.7. The summed E-state index contributed by atoms with van der Waals surface area (Å²) in [6.45, 7) is 1.42. The van der Waals surface area contributed by atoms with Gasteiger partial charge in [-0.2, -0.15) is 0 Å². The molecule has 0 aromatic heterocycles. The molecule has 0 bridgehead atoms. The smallest absolute Gasteiger partial charge is 0.201 e. The molecule has 11 heteroatoms. The van der Waals surface area contributed by atoms with E-state index in [0.717, 1.165) is 68.6 Å². The van der Waals surface area contributed by atoms with E-state index in [-0.39, 0.29) is 41.7 Å². The third-order valence-corrected chi connectivity index (χ3v) is 8.13. The minimum atomic E-state index is -1.45. The van der Waals surface area contributed by atoms with Gasteiger partial charge >= 0.3 is 0 Å². The van der Waals surface area contributed by atoms with Crippen LogP contribution in [0.4, 0.5) is 0 Å². The van der Waals surface area contributed by atoms with Crippen LogP contribution >= 0.6 is 0 Å². The van der Waals surface area contributed by atoms with Crippen LogP contribution in [0.2, 0.25) is 0 Å². The fourth-order valence-corrected chi connectivity index (χ4v) is 5.40. The second-order valence-electron chi connectivity index (χ2n) is 11.8. The summed E-state index contributed by atoms with van der Waals surface area (Å²) in [6, 6.07) is 22.6. The third-order valence-electron chi connectivity index (χ3n) is 8.13. The number of carbonyl (C=O) groups is 2. The first kappa shape index (κ1) is 35.2. The number of carbonyl (C=O) groups excluding carboxylic acids is 2. The lowest BCUT2D eigenvalue weighted by atomic mass is 9.99. The molecule has 4 aromatic carbocycles. The van der Waals surface area contributed by atoms with Crippen molar-refractivity contribution < 1.29 is 54.1 Å². The summed E-state index contributed by atoms with van der Waals surface area (Å²) in [5.74, 6) is -1.84. The molecule has 2 aliphatic rings. The first-order valence-electron chi connectivity index (χ1n) is 16.2. The maximum Gasteiger partial charge on any atom is 0.201 e. The monoisotopic (exact) mass is 672 g/mol. The Morgan fingerprint density at radius 1 is 0.673 bits per heavy atom. The van der Waals surface area contributed by atoms with E-state index in [1.165, 1.54) is 6.07 Å². The van der Waals surface area contributed by atoms with E-state index >= 15 is 0 Å². The van der Waals surface area contributed by atoms with E-state index in [9.17, 15) is 35.1 Å². The van der Waals surface area contributed by atoms with Gasteiger partial charge in [0, 0.05) is 25.3 Å². The number of Topliss-reactive ketones (excluding diaryl/α,β-unsaturated/α-hetero) is 2. The predicted molar refractivity (Wildman–Crippen MR) is 178 cm³/mol. The number of ether oxygens (including phenoxy) is 4. The maximum absolute atomic E-state index is 12.7. The van der Waals surface area contributed by atoms with E-state index in [0.29, 0.717) is 17.9 Å². The van der Waals surface area contributed by atoms with Gasteiger partial charge in [-0.15, -0.1) is 0 Å². The van der Waals surface area contributed by atoms with Gasteiger partial charge in [-0.05, 0) is 73.2 Å². The standard InChI is InChI=1S/C24H28O6.C14H12O5/c25-21(15-17-7-9-18(10-8-17)29-23-5-1-3-13-27-23)20-12-11-19(16-22(20)26)30-24-6-2-4-14-28-24;15-10-7-6-9(13(18)14(10)19)12(17)11(16)8-4-2-1-3-5-8/h7-12,16,23-24,26H,1-6,13-15H2;1-7,11,15-16,18-19H. The number of aliphatic hydroxyl groups excluding tert-OH is 1. The fraction of sp³-hybridized carbons (Fsp3) is 0.316. The summed E-state index contributed by atoms with van der Waals surface area (Å²) in [5.41, 5.74) is 1.25. The molecule has 3 atom stereocenters.